The van der Waals surface area contributed by atoms with Crippen LogP contribution in [0.3, 0.4) is 0 Å². The van der Waals surface area contributed by atoms with Crippen molar-refractivity contribution in [1.29, 1.82) is 0 Å². The molecule has 0 saturated carbocycles. The summed E-state index contributed by atoms with van der Waals surface area (Å²) in [7, 11) is 0. The predicted molar refractivity (Wildman–Crippen MR) is 71.2 cm³/mol. The molecule has 0 saturated heterocycles. The molecule has 0 radical (unpaired) electrons. The van der Waals surface area contributed by atoms with Crippen LogP contribution in [0.1, 0.15) is 24.5 Å². The standard InChI is InChI=1S/C14H20N2O2/c1-3-7-15-14(18)10-16-13(17)9-12-6-4-5-11(2)8-12/h4-6,8H,3,7,9-10H2,1-2H3,(H,15,18)(H,16,17). The molecule has 4 nitrogen and oxygen atoms in total. The average Bonchev–Trinajstić information content (AvgIpc) is 2.34. The Hall–Kier alpha value is -1.84. The summed E-state index contributed by atoms with van der Waals surface area (Å²) in [6, 6.07) is 7.78. The quantitative estimate of drug-likeness (QED) is 0.794. The van der Waals surface area contributed by atoms with Crippen molar-refractivity contribution in [2.45, 2.75) is 26.7 Å². The molecule has 1 rings (SSSR count). The first kappa shape index (κ1) is 14.2. The Morgan fingerprint density at radius 1 is 1.17 bits per heavy atom. The molecular formula is C14H20N2O2. The molecule has 0 unspecified atom stereocenters. The van der Waals surface area contributed by atoms with Gasteiger partial charge in [0, 0.05) is 6.54 Å². The van der Waals surface area contributed by atoms with Gasteiger partial charge < -0.3 is 10.6 Å². The molecule has 98 valence electrons. The number of rotatable bonds is 6. The molecular weight excluding hydrogens is 228 g/mol. The van der Waals surface area contributed by atoms with Crippen molar-refractivity contribution < 1.29 is 9.59 Å². The molecule has 0 aliphatic rings. The number of hydrogen-bond acceptors (Lipinski definition) is 2. The van der Waals surface area contributed by atoms with Gasteiger partial charge in [-0.15, -0.1) is 0 Å². The van der Waals surface area contributed by atoms with Crippen molar-refractivity contribution in [1.82, 2.24) is 10.6 Å². The maximum atomic E-state index is 11.6. The summed E-state index contributed by atoms with van der Waals surface area (Å²) in [5, 5.41) is 5.32. The fraction of sp³-hybridized carbons (Fsp3) is 0.429. The van der Waals surface area contributed by atoms with Gasteiger partial charge in [-0.3, -0.25) is 9.59 Å². The van der Waals surface area contributed by atoms with Gasteiger partial charge in [-0.2, -0.15) is 0 Å². The zero-order valence-electron chi connectivity index (χ0n) is 11.0. The highest BCUT2D eigenvalue weighted by molar-refractivity contribution is 5.85. The summed E-state index contributed by atoms with van der Waals surface area (Å²) >= 11 is 0. The Morgan fingerprint density at radius 2 is 1.94 bits per heavy atom. The lowest BCUT2D eigenvalue weighted by Gasteiger charge is -2.06. The van der Waals surface area contributed by atoms with Gasteiger partial charge in [-0.05, 0) is 18.9 Å². The predicted octanol–water partition coefficient (Wildman–Crippen LogP) is 1.18. The van der Waals surface area contributed by atoms with Crippen LogP contribution in [0.2, 0.25) is 0 Å². The van der Waals surface area contributed by atoms with Gasteiger partial charge in [0.25, 0.3) is 0 Å². The van der Waals surface area contributed by atoms with Crippen LogP contribution in [0.25, 0.3) is 0 Å². The minimum atomic E-state index is -0.144. The summed E-state index contributed by atoms with van der Waals surface area (Å²) < 4.78 is 0. The molecule has 0 aliphatic heterocycles. The topological polar surface area (TPSA) is 58.2 Å². The van der Waals surface area contributed by atoms with Crippen molar-refractivity contribution >= 4 is 11.8 Å². The lowest BCUT2D eigenvalue weighted by Crippen LogP contribution is -2.37. The van der Waals surface area contributed by atoms with Crippen molar-refractivity contribution in [3.05, 3.63) is 35.4 Å². The Morgan fingerprint density at radius 3 is 2.61 bits per heavy atom. The molecule has 0 atom stereocenters. The summed E-state index contributed by atoms with van der Waals surface area (Å²) in [5.74, 6) is -0.276. The minimum absolute atomic E-state index is 0.0463. The molecule has 0 bridgehead atoms. The zero-order chi connectivity index (χ0) is 13.4. The Kier molecular flexibility index (Phi) is 5.91. The average molecular weight is 248 g/mol. The smallest absolute Gasteiger partial charge is 0.239 e. The molecule has 0 aliphatic carbocycles. The number of carbonyl (C=O) groups excluding carboxylic acids is 2. The van der Waals surface area contributed by atoms with Gasteiger partial charge >= 0.3 is 0 Å². The van der Waals surface area contributed by atoms with Crippen LogP contribution in [0, 0.1) is 6.92 Å². The lowest BCUT2D eigenvalue weighted by molar-refractivity contribution is -0.125. The largest absolute Gasteiger partial charge is 0.355 e. The van der Waals surface area contributed by atoms with E-state index < -0.39 is 0 Å². The number of aryl methyl sites for hydroxylation is 1. The first-order chi connectivity index (χ1) is 8.61. The summed E-state index contributed by atoms with van der Waals surface area (Å²) in [5.41, 5.74) is 2.09. The lowest BCUT2D eigenvalue weighted by atomic mass is 10.1. The van der Waals surface area contributed by atoms with Gasteiger partial charge in [0.15, 0.2) is 0 Å². The van der Waals surface area contributed by atoms with E-state index >= 15 is 0 Å². The third kappa shape index (κ3) is 5.48. The van der Waals surface area contributed by atoms with Crippen LogP contribution in [-0.2, 0) is 16.0 Å². The maximum Gasteiger partial charge on any atom is 0.239 e. The SMILES string of the molecule is CCCNC(=O)CNC(=O)Cc1cccc(C)c1. The molecule has 0 aromatic heterocycles. The second-order valence-corrected chi connectivity index (χ2v) is 4.29. The third-order valence-electron chi connectivity index (χ3n) is 2.47. The summed E-state index contributed by atoms with van der Waals surface area (Å²) in [4.78, 5) is 22.9. The van der Waals surface area contributed by atoms with E-state index in [0.29, 0.717) is 13.0 Å². The first-order valence-electron chi connectivity index (χ1n) is 6.20. The number of hydrogen-bond donors (Lipinski definition) is 2. The van der Waals surface area contributed by atoms with E-state index in [1.807, 2.05) is 38.1 Å². The van der Waals surface area contributed by atoms with Gasteiger partial charge in [0.2, 0.25) is 11.8 Å². The molecule has 0 heterocycles. The number of nitrogens with one attached hydrogen (secondary N) is 2. The molecule has 18 heavy (non-hydrogen) atoms. The van der Waals surface area contributed by atoms with Gasteiger partial charge in [0.05, 0.1) is 13.0 Å². The second kappa shape index (κ2) is 7.48. The van der Waals surface area contributed by atoms with E-state index in [0.717, 1.165) is 17.5 Å². The van der Waals surface area contributed by atoms with E-state index in [9.17, 15) is 9.59 Å². The molecule has 4 heteroatoms. The summed E-state index contributed by atoms with van der Waals surface area (Å²) in [6.45, 7) is 4.66. The highest BCUT2D eigenvalue weighted by atomic mass is 16.2. The molecule has 0 fully saturated rings. The second-order valence-electron chi connectivity index (χ2n) is 4.29. The van der Waals surface area contributed by atoms with E-state index in [-0.39, 0.29) is 18.4 Å². The zero-order valence-corrected chi connectivity index (χ0v) is 11.0. The highest BCUT2D eigenvalue weighted by Gasteiger charge is 2.05. The van der Waals surface area contributed by atoms with Gasteiger partial charge in [-0.1, -0.05) is 36.8 Å². The van der Waals surface area contributed by atoms with Crippen molar-refractivity contribution in [3.8, 4) is 0 Å². The van der Waals surface area contributed by atoms with Crippen LogP contribution >= 0.6 is 0 Å². The number of amides is 2. The number of benzene rings is 1. The van der Waals surface area contributed by atoms with E-state index in [1.54, 1.807) is 0 Å². The Labute approximate surface area is 108 Å². The summed E-state index contributed by atoms with van der Waals surface area (Å²) in [6.07, 6.45) is 1.20. The highest BCUT2D eigenvalue weighted by Crippen LogP contribution is 2.04. The van der Waals surface area contributed by atoms with Crippen LogP contribution < -0.4 is 10.6 Å². The monoisotopic (exact) mass is 248 g/mol. The Bertz CT molecular complexity index is 416. The van der Waals surface area contributed by atoms with Crippen LogP contribution in [0.4, 0.5) is 0 Å². The number of carbonyl (C=O) groups is 2. The third-order valence-corrected chi connectivity index (χ3v) is 2.47. The maximum absolute atomic E-state index is 11.6. The van der Waals surface area contributed by atoms with Crippen molar-refractivity contribution in [2.75, 3.05) is 13.1 Å². The van der Waals surface area contributed by atoms with Crippen LogP contribution in [0.5, 0.6) is 0 Å². The van der Waals surface area contributed by atoms with Crippen molar-refractivity contribution in [3.63, 3.8) is 0 Å². The van der Waals surface area contributed by atoms with E-state index in [2.05, 4.69) is 10.6 Å². The van der Waals surface area contributed by atoms with Crippen LogP contribution in [-0.4, -0.2) is 24.9 Å². The first-order valence-corrected chi connectivity index (χ1v) is 6.20. The minimum Gasteiger partial charge on any atom is -0.355 e. The van der Waals surface area contributed by atoms with Crippen LogP contribution in [0.15, 0.2) is 24.3 Å². The van der Waals surface area contributed by atoms with E-state index in [1.165, 1.54) is 0 Å². The van der Waals surface area contributed by atoms with E-state index in [4.69, 9.17) is 0 Å². The fourth-order valence-corrected chi connectivity index (χ4v) is 1.58. The molecule has 1 aromatic carbocycles. The van der Waals surface area contributed by atoms with Crippen molar-refractivity contribution in [2.24, 2.45) is 0 Å². The fourth-order valence-electron chi connectivity index (χ4n) is 1.58. The van der Waals surface area contributed by atoms with Gasteiger partial charge in [-0.25, -0.2) is 0 Å². The molecule has 0 spiro atoms. The molecule has 2 amide bonds. The van der Waals surface area contributed by atoms with Gasteiger partial charge in [0.1, 0.15) is 0 Å². The molecule has 2 N–H and O–H groups in total. The molecule has 1 aromatic rings. The Balaban J connectivity index is 2.31. The normalized spacial score (nSPS) is 9.89.